The molecule has 0 rings (SSSR count). The topological polar surface area (TPSA) is 26.0 Å². The molecule has 0 heterocycles. The molecule has 0 aliphatic carbocycles. The second-order valence-electron chi connectivity index (χ2n) is 2.42. The smallest absolute Gasteiger partial charge is 0.0442 e. The van der Waals surface area contributed by atoms with Crippen molar-refractivity contribution < 1.29 is 0 Å². The van der Waals surface area contributed by atoms with Crippen molar-refractivity contribution in [2.45, 2.75) is 20.3 Å². The van der Waals surface area contributed by atoms with Gasteiger partial charge in [-0.3, -0.25) is 0 Å². The number of halogens is 2. The summed E-state index contributed by atoms with van der Waals surface area (Å²) in [6.07, 6.45) is 2.84. The first-order valence-electron chi connectivity index (χ1n) is 3.67. The largest absolute Gasteiger partial charge is 0.398 e. The summed E-state index contributed by atoms with van der Waals surface area (Å²) < 4.78 is 0.775. The minimum Gasteiger partial charge on any atom is -0.398 e. The predicted molar refractivity (Wildman–Crippen MR) is 59.2 cm³/mol. The Labute approximate surface area is 87.1 Å². The summed E-state index contributed by atoms with van der Waals surface area (Å²) in [6.45, 7) is 7.53. The summed E-state index contributed by atoms with van der Waals surface area (Å²) in [5.74, 6) is 0. The maximum absolute atomic E-state index is 5.95. The molecule has 68 valence electrons. The lowest BCUT2D eigenvalue weighted by molar-refractivity contribution is 1.21. The molecule has 0 amide bonds. The average molecular weight is 251 g/mol. The fourth-order valence-corrected chi connectivity index (χ4v) is 1.25. The van der Waals surface area contributed by atoms with Gasteiger partial charge in [0, 0.05) is 15.2 Å². The van der Waals surface area contributed by atoms with Gasteiger partial charge in [-0.2, -0.15) is 0 Å². The van der Waals surface area contributed by atoms with Crippen LogP contribution in [0.25, 0.3) is 0 Å². The van der Waals surface area contributed by atoms with Crippen molar-refractivity contribution in [1.82, 2.24) is 0 Å². The van der Waals surface area contributed by atoms with Crippen LogP contribution in [-0.4, -0.2) is 0 Å². The lowest BCUT2D eigenvalue weighted by Crippen LogP contribution is -1.96. The van der Waals surface area contributed by atoms with Crippen molar-refractivity contribution in [3.8, 4) is 0 Å². The molecule has 0 radical (unpaired) electrons. The van der Waals surface area contributed by atoms with Gasteiger partial charge in [0.2, 0.25) is 0 Å². The van der Waals surface area contributed by atoms with Crippen molar-refractivity contribution in [1.29, 1.82) is 0 Å². The van der Waals surface area contributed by atoms with E-state index in [1.54, 1.807) is 0 Å². The first-order chi connectivity index (χ1) is 5.50. The molecule has 0 aromatic carbocycles. The van der Waals surface area contributed by atoms with Gasteiger partial charge in [-0.25, -0.2) is 0 Å². The molecular weight excluding hydrogens is 237 g/mol. The maximum atomic E-state index is 5.95. The third-order valence-electron chi connectivity index (χ3n) is 1.35. The quantitative estimate of drug-likeness (QED) is 0.760. The molecule has 12 heavy (non-hydrogen) atoms. The molecule has 1 nitrogen and oxygen atoms in total. The summed E-state index contributed by atoms with van der Waals surface area (Å²) in [5, 5.41) is 0.718. The van der Waals surface area contributed by atoms with Crippen LogP contribution in [0.1, 0.15) is 20.3 Å². The molecule has 0 atom stereocenters. The lowest BCUT2D eigenvalue weighted by atomic mass is 10.2. The SMILES string of the molecule is C=C(N)/C(Br)=C(C)\C(Cl)=C\CC. The second-order valence-corrected chi connectivity index (χ2v) is 3.62. The predicted octanol–water partition coefficient (Wildman–Crippen LogP) is 3.66. The van der Waals surface area contributed by atoms with Gasteiger partial charge in [0.25, 0.3) is 0 Å². The van der Waals surface area contributed by atoms with Crippen LogP contribution >= 0.6 is 27.5 Å². The Hall–Kier alpha value is -0.210. The Bertz CT molecular complexity index is 241. The van der Waals surface area contributed by atoms with E-state index in [1.807, 2.05) is 19.9 Å². The van der Waals surface area contributed by atoms with E-state index in [0.29, 0.717) is 5.70 Å². The highest BCUT2D eigenvalue weighted by Gasteiger charge is 2.02. The Kier molecular flexibility index (Phi) is 5.34. The number of nitrogens with two attached hydrogens (primary N) is 1. The van der Waals surface area contributed by atoms with Crippen molar-refractivity contribution >= 4 is 27.5 Å². The van der Waals surface area contributed by atoms with E-state index in [1.165, 1.54) is 0 Å². The van der Waals surface area contributed by atoms with E-state index in [4.69, 9.17) is 17.3 Å². The minimum absolute atomic E-state index is 0.496. The zero-order valence-corrected chi connectivity index (χ0v) is 9.67. The third-order valence-corrected chi connectivity index (χ3v) is 2.89. The number of allylic oxidation sites excluding steroid dienone is 4. The number of hydrogen-bond acceptors (Lipinski definition) is 1. The molecule has 0 aliphatic heterocycles. The van der Waals surface area contributed by atoms with Gasteiger partial charge in [-0.05, 0) is 34.8 Å². The molecule has 0 saturated carbocycles. The van der Waals surface area contributed by atoms with E-state index >= 15 is 0 Å². The van der Waals surface area contributed by atoms with Crippen molar-refractivity contribution in [2.24, 2.45) is 5.73 Å². The van der Waals surface area contributed by atoms with Gasteiger partial charge in [0.15, 0.2) is 0 Å². The highest BCUT2D eigenvalue weighted by Crippen LogP contribution is 2.25. The second kappa shape index (κ2) is 5.44. The Balaban J connectivity index is 4.78. The fraction of sp³-hybridized carbons (Fsp3) is 0.333. The molecule has 3 heteroatoms. The van der Waals surface area contributed by atoms with E-state index < -0.39 is 0 Å². The van der Waals surface area contributed by atoms with E-state index in [2.05, 4.69) is 22.5 Å². The van der Waals surface area contributed by atoms with Crippen LogP contribution in [0.2, 0.25) is 0 Å². The summed E-state index contributed by atoms with van der Waals surface area (Å²) in [4.78, 5) is 0. The zero-order chi connectivity index (χ0) is 9.72. The van der Waals surface area contributed by atoms with Crippen molar-refractivity contribution in [3.05, 3.63) is 33.4 Å². The van der Waals surface area contributed by atoms with Crippen LogP contribution < -0.4 is 5.73 Å². The van der Waals surface area contributed by atoms with Gasteiger partial charge in [-0.1, -0.05) is 31.2 Å². The van der Waals surface area contributed by atoms with Gasteiger partial charge in [-0.15, -0.1) is 0 Å². The monoisotopic (exact) mass is 249 g/mol. The molecule has 0 aromatic heterocycles. The lowest BCUT2D eigenvalue weighted by Gasteiger charge is -2.03. The molecule has 0 bridgehead atoms. The van der Waals surface area contributed by atoms with Crippen LogP contribution in [0.15, 0.2) is 33.4 Å². The van der Waals surface area contributed by atoms with Crippen LogP contribution in [0.5, 0.6) is 0 Å². The Morgan fingerprint density at radius 1 is 1.67 bits per heavy atom. The number of hydrogen-bond donors (Lipinski definition) is 1. The summed E-state index contributed by atoms with van der Waals surface area (Å²) in [6, 6.07) is 0. The molecule has 0 aliphatic rings. The Morgan fingerprint density at radius 2 is 2.17 bits per heavy atom. The molecule has 0 fully saturated rings. The van der Waals surface area contributed by atoms with Crippen LogP contribution in [0, 0.1) is 0 Å². The summed E-state index contributed by atoms with van der Waals surface area (Å²) >= 11 is 9.25. The third kappa shape index (κ3) is 3.46. The summed E-state index contributed by atoms with van der Waals surface area (Å²) in [7, 11) is 0. The molecule has 2 N–H and O–H groups in total. The van der Waals surface area contributed by atoms with Gasteiger partial charge in [0.05, 0.1) is 0 Å². The molecule has 0 aromatic rings. The first-order valence-corrected chi connectivity index (χ1v) is 4.85. The Morgan fingerprint density at radius 3 is 2.50 bits per heavy atom. The van der Waals surface area contributed by atoms with Crippen LogP contribution in [0.3, 0.4) is 0 Å². The van der Waals surface area contributed by atoms with E-state index in [9.17, 15) is 0 Å². The fourth-order valence-electron chi connectivity index (χ4n) is 0.678. The molecular formula is C9H13BrClN. The molecule has 0 spiro atoms. The van der Waals surface area contributed by atoms with Gasteiger partial charge in [0.1, 0.15) is 0 Å². The normalized spacial score (nSPS) is 14.2. The van der Waals surface area contributed by atoms with Crippen LogP contribution in [-0.2, 0) is 0 Å². The highest BCUT2D eigenvalue weighted by molar-refractivity contribution is 9.12. The van der Waals surface area contributed by atoms with E-state index in [-0.39, 0.29) is 0 Å². The summed E-state index contributed by atoms with van der Waals surface area (Å²) in [5.41, 5.74) is 6.90. The molecule has 0 saturated heterocycles. The maximum Gasteiger partial charge on any atom is 0.0442 e. The molecule has 0 unspecified atom stereocenters. The van der Waals surface area contributed by atoms with Crippen molar-refractivity contribution in [2.75, 3.05) is 0 Å². The van der Waals surface area contributed by atoms with Gasteiger partial charge >= 0.3 is 0 Å². The standard InChI is InChI=1S/C9H13BrClN/c1-4-5-8(11)6(2)9(10)7(3)12/h5H,3-4,12H2,1-2H3/b8-5-,9-6+. The highest BCUT2D eigenvalue weighted by atomic mass is 79.9. The van der Waals surface area contributed by atoms with Crippen LogP contribution in [0.4, 0.5) is 0 Å². The first kappa shape index (κ1) is 11.8. The van der Waals surface area contributed by atoms with Gasteiger partial charge < -0.3 is 5.73 Å². The average Bonchev–Trinajstić information content (AvgIpc) is 2.02. The zero-order valence-electron chi connectivity index (χ0n) is 7.32. The van der Waals surface area contributed by atoms with E-state index in [0.717, 1.165) is 21.5 Å². The van der Waals surface area contributed by atoms with Crippen molar-refractivity contribution in [3.63, 3.8) is 0 Å². The minimum atomic E-state index is 0.496. The number of rotatable bonds is 3.